The van der Waals surface area contributed by atoms with Crippen LogP contribution in [0.2, 0.25) is 0 Å². The van der Waals surface area contributed by atoms with Crippen molar-refractivity contribution in [2.24, 2.45) is 0 Å². The summed E-state index contributed by atoms with van der Waals surface area (Å²) in [6, 6.07) is 6.32. The second-order valence-electron chi connectivity index (χ2n) is 4.31. The van der Waals surface area contributed by atoms with Gasteiger partial charge in [-0.05, 0) is 18.2 Å². The van der Waals surface area contributed by atoms with Crippen LogP contribution in [-0.4, -0.2) is 14.5 Å². The highest BCUT2D eigenvalue weighted by molar-refractivity contribution is 5.78. The maximum atomic E-state index is 12.8. The molecular weight excluding hydrogens is 275 g/mol. The highest BCUT2D eigenvalue weighted by atomic mass is 19.1. The summed E-state index contributed by atoms with van der Waals surface area (Å²) in [5, 5.41) is 0. The fraction of sp³-hybridized carbons (Fsp3) is 0.0714. The molecule has 0 aromatic carbocycles. The maximum Gasteiger partial charge on any atom is 0.252 e. The van der Waals surface area contributed by atoms with Crippen LogP contribution in [0.5, 0.6) is 0 Å². The molecule has 7 heteroatoms. The molecule has 3 rings (SSSR count). The van der Waals surface area contributed by atoms with E-state index in [0.29, 0.717) is 22.6 Å². The minimum Gasteiger partial charge on any atom is -0.463 e. The van der Waals surface area contributed by atoms with Crippen molar-refractivity contribution < 1.29 is 8.81 Å². The van der Waals surface area contributed by atoms with E-state index in [1.165, 1.54) is 24.7 Å². The molecule has 6 nitrogen and oxygen atoms in total. The SMILES string of the molecule is Nc1ncc(-c2ccc(=O)n(CF)c2)c(-c2ccco2)n1. The van der Waals surface area contributed by atoms with Crippen LogP contribution >= 0.6 is 0 Å². The van der Waals surface area contributed by atoms with Crippen molar-refractivity contribution in [2.75, 3.05) is 5.73 Å². The van der Waals surface area contributed by atoms with E-state index in [0.717, 1.165) is 4.57 Å². The lowest BCUT2D eigenvalue weighted by Crippen LogP contribution is -2.16. The highest BCUT2D eigenvalue weighted by Crippen LogP contribution is 2.30. The van der Waals surface area contributed by atoms with Gasteiger partial charge < -0.3 is 10.2 Å². The van der Waals surface area contributed by atoms with Crippen LogP contribution in [0.4, 0.5) is 10.3 Å². The number of pyridine rings is 1. The summed E-state index contributed by atoms with van der Waals surface area (Å²) in [5.74, 6) is 0.612. The highest BCUT2D eigenvalue weighted by Gasteiger charge is 2.13. The molecule has 3 aromatic heterocycles. The van der Waals surface area contributed by atoms with Crippen LogP contribution in [0.1, 0.15) is 0 Å². The van der Waals surface area contributed by atoms with E-state index < -0.39 is 12.4 Å². The summed E-state index contributed by atoms with van der Waals surface area (Å²) in [6.45, 7) is -0.904. The van der Waals surface area contributed by atoms with E-state index in [9.17, 15) is 9.18 Å². The Kier molecular flexibility index (Phi) is 3.23. The van der Waals surface area contributed by atoms with Crippen molar-refractivity contribution in [3.8, 4) is 22.6 Å². The first kappa shape index (κ1) is 13.0. The van der Waals surface area contributed by atoms with E-state index in [4.69, 9.17) is 10.2 Å². The molecule has 0 saturated heterocycles. The molecule has 0 fully saturated rings. The molecule has 0 saturated carbocycles. The van der Waals surface area contributed by atoms with Gasteiger partial charge >= 0.3 is 0 Å². The lowest BCUT2D eigenvalue weighted by Gasteiger charge is -2.08. The van der Waals surface area contributed by atoms with Crippen molar-refractivity contribution in [1.82, 2.24) is 14.5 Å². The summed E-state index contributed by atoms with van der Waals surface area (Å²) in [4.78, 5) is 19.6. The number of alkyl halides is 1. The van der Waals surface area contributed by atoms with Crippen LogP contribution in [-0.2, 0) is 6.80 Å². The molecule has 0 bridgehead atoms. The van der Waals surface area contributed by atoms with Crippen molar-refractivity contribution >= 4 is 5.95 Å². The van der Waals surface area contributed by atoms with Gasteiger partial charge in [0.05, 0.1) is 6.26 Å². The van der Waals surface area contributed by atoms with Gasteiger partial charge in [-0.3, -0.25) is 9.36 Å². The molecule has 21 heavy (non-hydrogen) atoms. The molecule has 0 amide bonds. The van der Waals surface area contributed by atoms with E-state index in [1.54, 1.807) is 18.2 Å². The summed E-state index contributed by atoms with van der Waals surface area (Å²) < 4.78 is 19.1. The first-order chi connectivity index (χ1) is 10.2. The van der Waals surface area contributed by atoms with Crippen molar-refractivity contribution in [1.29, 1.82) is 0 Å². The fourth-order valence-corrected chi connectivity index (χ4v) is 1.99. The van der Waals surface area contributed by atoms with Crippen LogP contribution in [0.15, 0.2) is 52.1 Å². The van der Waals surface area contributed by atoms with E-state index in [1.807, 2.05) is 0 Å². The Bertz CT molecular complexity index is 827. The molecule has 3 aromatic rings. The number of nitrogens with two attached hydrogens (primary N) is 1. The number of halogens is 1. The molecule has 0 aliphatic heterocycles. The van der Waals surface area contributed by atoms with Crippen molar-refractivity contribution in [2.45, 2.75) is 6.80 Å². The largest absolute Gasteiger partial charge is 0.463 e. The minimum atomic E-state index is -0.904. The van der Waals surface area contributed by atoms with Crippen LogP contribution in [0.25, 0.3) is 22.6 Å². The summed E-state index contributed by atoms with van der Waals surface area (Å²) in [5.41, 5.74) is 6.87. The zero-order valence-electron chi connectivity index (χ0n) is 10.9. The van der Waals surface area contributed by atoms with Gasteiger partial charge in [-0.2, -0.15) is 0 Å². The lowest BCUT2D eigenvalue weighted by atomic mass is 10.1. The average Bonchev–Trinajstić information content (AvgIpc) is 3.02. The van der Waals surface area contributed by atoms with E-state index in [2.05, 4.69) is 9.97 Å². The standard InChI is InChI=1S/C14H11FN4O2/c15-8-19-7-9(3-4-12(19)20)10-6-17-14(16)18-13(10)11-2-1-5-21-11/h1-7H,8H2,(H2,16,17,18). The summed E-state index contributed by atoms with van der Waals surface area (Å²) >= 11 is 0. The van der Waals surface area contributed by atoms with Crippen LogP contribution in [0.3, 0.4) is 0 Å². The zero-order chi connectivity index (χ0) is 14.8. The van der Waals surface area contributed by atoms with Gasteiger partial charge in [-0.15, -0.1) is 0 Å². The molecule has 2 N–H and O–H groups in total. The molecule has 0 radical (unpaired) electrons. The Morgan fingerprint density at radius 1 is 1.33 bits per heavy atom. The Morgan fingerprint density at radius 2 is 2.19 bits per heavy atom. The molecule has 0 spiro atoms. The number of nitrogen functional groups attached to an aromatic ring is 1. The van der Waals surface area contributed by atoms with Crippen molar-refractivity contribution in [3.05, 3.63) is 53.3 Å². The van der Waals surface area contributed by atoms with Crippen molar-refractivity contribution in [3.63, 3.8) is 0 Å². The summed E-state index contributed by atoms with van der Waals surface area (Å²) in [6.07, 6.45) is 4.44. The van der Waals surface area contributed by atoms with Gasteiger partial charge in [0.1, 0.15) is 5.69 Å². The monoisotopic (exact) mass is 286 g/mol. The van der Waals surface area contributed by atoms with Gasteiger partial charge in [0.2, 0.25) is 5.95 Å². The van der Waals surface area contributed by atoms with Crippen LogP contribution in [0, 0.1) is 0 Å². The number of hydrogen-bond donors (Lipinski definition) is 1. The fourth-order valence-electron chi connectivity index (χ4n) is 1.99. The molecule has 0 aliphatic carbocycles. The maximum absolute atomic E-state index is 12.8. The minimum absolute atomic E-state index is 0.101. The predicted octanol–water partition coefficient (Wildman–Crippen LogP) is 2.07. The topological polar surface area (TPSA) is 86.9 Å². The number of hydrogen-bond acceptors (Lipinski definition) is 5. The number of furan rings is 1. The molecule has 106 valence electrons. The Labute approximate surface area is 118 Å². The molecule has 3 heterocycles. The number of aromatic nitrogens is 3. The molecule has 0 unspecified atom stereocenters. The number of anilines is 1. The summed E-state index contributed by atoms with van der Waals surface area (Å²) in [7, 11) is 0. The van der Waals surface area contributed by atoms with Gasteiger partial charge in [0, 0.05) is 29.6 Å². The third-order valence-corrected chi connectivity index (χ3v) is 2.99. The Balaban J connectivity index is 2.21. The first-order valence-electron chi connectivity index (χ1n) is 6.12. The smallest absolute Gasteiger partial charge is 0.252 e. The first-order valence-corrected chi connectivity index (χ1v) is 6.12. The van der Waals surface area contributed by atoms with Gasteiger partial charge in [0.25, 0.3) is 5.56 Å². The van der Waals surface area contributed by atoms with Gasteiger partial charge in [-0.25, -0.2) is 14.4 Å². The van der Waals surface area contributed by atoms with E-state index in [-0.39, 0.29) is 5.95 Å². The normalized spacial score (nSPS) is 10.7. The second kappa shape index (κ2) is 5.20. The molecule has 0 aliphatic rings. The average molecular weight is 286 g/mol. The van der Waals surface area contributed by atoms with Gasteiger partial charge in [0.15, 0.2) is 12.6 Å². The third kappa shape index (κ3) is 2.40. The zero-order valence-corrected chi connectivity index (χ0v) is 10.9. The molecule has 0 atom stereocenters. The molecular formula is C14H11FN4O2. The van der Waals surface area contributed by atoms with Crippen LogP contribution < -0.4 is 11.3 Å². The predicted molar refractivity (Wildman–Crippen MR) is 75.0 cm³/mol. The Morgan fingerprint density at radius 3 is 2.90 bits per heavy atom. The quantitative estimate of drug-likeness (QED) is 0.796. The number of rotatable bonds is 3. The number of nitrogens with zero attached hydrogens (tertiary/aromatic N) is 3. The third-order valence-electron chi connectivity index (χ3n) is 2.99. The second-order valence-corrected chi connectivity index (χ2v) is 4.31. The van der Waals surface area contributed by atoms with Gasteiger partial charge in [-0.1, -0.05) is 0 Å². The lowest BCUT2D eigenvalue weighted by molar-refractivity contribution is 0.369. The van der Waals surface area contributed by atoms with E-state index >= 15 is 0 Å². The Hall–Kier alpha value is -2.96.